The normalized spacial score (nSPS) is 24.4. The maximum atomic E-state index is 10.8. The molecule has 24 heavy (non-hydrogen) atoms. The van der Waals surface area contributed by atoms with E-state index in [2.05, 4.69) is 45.0 Å². The van der Waals surface area contributed by atoms with Crippen molar-refractivity contribution < 1.29 is 9.84 Å². The van der Waals surface area contributed by atoms with Gasteiger partial charge >= 0.3 is 0 Å². The molecule has 1 N–H and O–H groups in total. The second kappa shape index (κ2) is 5.41. The molecule has 0 saturated heterocycles. The molecule has 2 aliphatic rings. The van der Waals surface area contributed by atoms with Crippen LogP contribution in [0.5, 0.6) is 11.5 Å². The Bertz CT molecular complexity index is 802. The molecule has 1 unspecified atom stereocenters. The number of rotatable bonds is 1. The summed E-state index contributed by atoms with van der Waals surface area (Å²) in [4.78, 5) is 0. The highest BCUT2D eigenvalue weighted by Gasteiger charge is 2.45. The van der Waals surface area contributed by atoms with Gasteiger partial charge in [-0.2, -0.15) is 0 Å². The second-order valence-corrected chi connectivity index (χ2v) is 7.66. The maximum Gasteiger partial charge on any atom is 0.128 e. The van der Waals surface area contributed by atoms with Crippen LogP contribution in [0.3, 0.4) is 0 Å². The number of phenols is 1. The van der Waals surface area contributed by atoms with E-state index in [1.54, 1.807) is 0 Å². The van der Waals surface area contributed by atoms with Crippen molar-refractivity contribution in [2.75, 3.05) is 0 Å². The first-order chi connectivity index (χ1) is 11.5. The molecule has 0 spiro atoms. The number of fused-ring (bicyclic) bond motifs is 3. The fourth-order valence-corrected chi connectivity index (χ4v) is 4.32. The molecule has 2 aromatic rings. The fourth-order valence-electron chi connectivity index (χ4n) is 4.32. The zero-order chi connectivity index (χ0) is 16.9. The van der Waals surface area contributed by atoms with Crippen molar-refractivity contribution in [3.05, 3.63) is 59.7 Å². The molecule has 0 aromatic heterocycles. The molecule has 0 saturated carbocycles. The van der Waals surface area contributed by atoms with Crippen LogP contribution in [0.2, 0.25) is 0 Å². The van der Waals surface area contributed by atoms with Crippen molar-refractivity contribution >= 4 is 0 Å². The van der Waals surface area contributed by atoms with Crippen LogP contribution < -0.4 is 4.74 Å². The van der Waals surface area contributed by atoms with E-state index in [1.807, 2.05) is 24.3 Å². The fraction of sp³-hybridized carbons (Fsp3) is 0.364. The lowest BCUT2D eigenvalue weighted by molar-refractivity contribution is 0.0109. The van der Waals surface area contributed by atoms with Gasteiger partial charge in [0.1, 0.15) is 17.1 Å². The third-order valence-corrected chi connectivity index (χ3v) is 5.57. The first-order valence-electron chi connectivity index (χ1n) is 8.74. The summed E-state index contributed by atoms with van der Waals surface area (Å²) in [5.74, 6) is 1.82. The molecule has 2 heteroatoms. The van der Waals surface area contributed by atoms with Crippen LogP contribution in [0.15, 0.2) is 54.1 Å². The van der Waals surface area contributed by atoms with Crippen molar-refractivity contribution in [2.45, 2.75) is 45.1 Å². The summed E-state index contributed by atoms with van der Waals surface area (Å²) in [5.41, 5.74) is 4.23. The Morgan fingerprint density at radius 1 is 1.08 bits per heavy atom. The number of hydrogen-bond acceptors (Lipinski definition) is 2. The Balaban J connectivity index is 1.88. The van der Waals surface area contributed by atoms with Gasteiger partial charge in [-0.25, -0.2) is 0 Å². The van der Waals surface area contributed by atoms with Crippen LogP contribution >= 0.6 is 0 Å². The van der Waals surface area contributed by atoms with Crippen LogP contribution in [0, 0.1) is 5.92 Å². The zero-order valence-electron chi connectivity index (χ0n) is 14.5. The van der Waals surface area contributed by atoms with Crippen LogP contribution in [-0.2, 0) is 0 Å². The van der Waals surface area contributed by atoms with Crippen molar-refractivity contribution in [1.82, 2.24) is 0 Å². The number of benzene rings is 2. The van der Waals surface area contributed by atoms with Crippen LogP contribution in [0.25, 0.3) is 11.1 Å². The highest BCUT2D eigenvalue weighted by Crippen LogP contribution is 2.54. The maximum absolute atomic E-state index is 10.8. The van der Waals surface area contributed by atoms with Gasteiger partial charge in [0.05, 0.1) is 0 Å². The Morgan fingerprint density at radius 2 is 1.83 bits per heavy atom. The number of ether oxygens (including phenoxy) is 1. The van der Waals surface area contributed by atoms with Crippen LogP contribution in [-0.4, -0.2) is 10.7 Å². The number of hydrogen-bond donors (Lipinski definition) is 1. The second-order valence-electron chi connectivity index (χ2n) is 7.66. The Morgan fingerprint density at radius 3 is 2.58 bits per heavy atom. The third kappa shape index (κ3) is 2.41. The third-order valence-electron chi connectivity index (χ3n) is 5.57. The molecule has 0 bridgehead atoms. The Labute approximate surface area is 143 Å². The number of allylic oxidation sites excluding steroid dienone is 2. The summed E-state index contributed by atoms with van der Waals surface area (Å²) in [6.07, 6.45) is 4.56. The predicted octanol–water partition coefficient (Wildman–Crippen LogP) is 5.67. The molecule has 2 aromatic carbocycles. The quantitative estimate of drug-likeness (QED) is 0.686. The minimum atomic E-state index is -0.226. The van der Waals surface area contributed by atoms with E-state index in [9.17, 15) is 5.11 Å². The van der Waals surface area contributed by atoms with Gasteiger partial charge in [0.2, 0.25) is 0 Å². The van der Waals surface area contributed by atoms with Crippen LogP contribution in [0.1, 0.15) is 45.1 Å². The van der Waals surface area contributed by atoms with Gasteiger partial charge < -0.3 is 9.84 Å². The van der Waals surface area contributed by atoms with Gasteiger partial charge in [0.25, 0.3) is 0 Å². The van der Waals surface area contributed by atoms with E-state index >= 15 is 0 Å². The lowest BCUT2D eigenvalue weighted by atomic mass is 9.68. The smallest absolute Gasteiger partial charge is 0.128 e. The molecular weight excluding hydrogens is 296 g/mol. The molecule has 2 atom stereocenters. The summed E-state index contributed by atoms with van der Waals surface area (Å²) in [6, 6.07) is 14.1. The van der Waals surface area contributed by atoms with E-state index in [1.165, 1.54) is 5.57 Å². The predicted molar refractivity (Wildman–Crippen MR) is 97.5 cm³/mol. The van der Waals surface area contributed by atoms with Crippen molar-refractivity contribution in [3.63, 3.8) is 0 Å². The summed E-state index contributed by atoms with van der Waals surface area (Å²) < 4.78 is 6.38. The van der Waals surface area contributed by atoms with Gasteiger partial charge in [-0.05, 0) is 56.9 Å². The van der Waals surface area contributed by atoms with E-state index in [0.717, 1.165) is 35.3 Å². The Hall–Kier alpha value is -2.22. The molecule has 1 aliphatic carbocycles. The van der Waals surface area contributed by atoms with E-state index in [4.69, 9.17) is 4.74 Å². The standard InChI is InChI=1S/C22H24O2/c1-14-9-10-18-17(11-14)21-19(23)12-16(15-7-5-4-6-8-15)13-20(21)24-22(18,2)3/h4-8,11-13,17-18,23H,9-10H2,1-3H3/t17?,18-/m0/s1. The average Bonchev–Trinajstić information content (AvgIpc) is 2.54. The van der Waals surface area contributed by atoms with Crippen molar-refractivity contribution in [2.24, 2.45) is 5.92 Å². The lowest BCUT2D eigenvalue weighted by Crippen LogP contribution is -2.45. The summed E-state index contributed by atoms with van der Waals surface area (Å²) in [5, 5.41) is 10.8. The summed E-state index contributed by atoms with van der Waals surface area (Å²) in [7, 11) is 0. The first kappa shape index (κ1) is 15.3. The number of phenolic OH excluding ortho intramolecular Hbond substituents is 1. The first-order valence-corrected chi connectivity index (χ1v) is 8.74. The van der Waals surface area contributed by atoms with Crippen molar-refractivity contribution in [1.29, 1.82) is 0 Å². The molecule has 124 valence electrons. The summed E-state index contributed by atoms with van der Waals surface area (Å²) >= 11 is 0. The Kier molecular flexibility index (Phi) is 3.45. The van der Waals surface area contributed by atoms with Gasteiger partial charge in [0.15, 0.2) is 0 Å². The topological polar surface area (TPSA) is 29.5 Å². The van der Waals surface area contributed by atoms with E-state index < -0.39 is 0 Å². The SMILES string of the molecule is CC1=CC2c3c(O)cc(-c4ccccc4)cc3OC(C)(C)[C@H]2CC1. The molecule has 1 aliphatic heterocycles. The van der Waals surface area contributed by atoms with Crippen LogP contribution in [0.4, 0.5) is 0 Å². The van der Waals surface area contributed by atoms with Crippen molar-refractivity contribution in [3.8, 4) is 22.6 Å². The van der Waals surface area contributed by atoms with Gasteiger partial charge in [0, 0.05) is 17.4 Å². The van der Waals surface area contributed by atoms with Gasteiger partial charge in [-0.15, -0.1) is 0 Å². The van der Waals surface area contributed by atoms with Gasteiger partial charge in [-0.3, -0.25) is 0 Å². The highest BCUT2D eigenvalue weighted by molar-refractivity contribution is 5.70. The van der Waals surface area contributed by atoms with Gasteiger partial charge in [-0.1, -0.05) is 42.0 Å². The molecule has 4 rings (SSSR count). The lowest BCUT2D eigenvalue weighted by Gasteiger charge is -2.46. The largest absolute Gasteiger partial charge is 0.507 e. The highest BCUT2D eigenvalue weighted by atomic mass is 16.5. The number of aromatic hydroxyl groups is 1. The molecule has 0 radical (unpaired) electrons. The molecule has 1 heterocycles. The molecular formula is C22H24O2. The molecule has 2 nitrogen and oxygen atoms in total. The summed E-state index contributed by atoms with van der Waals surface area (Å²) in [6.45, 7) is 6.54. The molecule has 0 fully saturated rings. The minimum absolute atomic E-state index is 0.226. The minimum Gasteiger partial charge on any atom is -0.507 e. The monoisotopic (exact) mass is 320 g/mol. The average molecular weight is 320 g/mol. The van der Waals surface area contributed by atoms with E-state index in [0.29, 0.717) is 11.7 Å². The zero-order valence-corrected chi connectivity index (χ0v) is 14.5. The molecule has 0 amide bonds. The van der Waals surface area contributed by atoms with E-state index in [-0.39, 0.29) is 11.5 Å².